The van der Waals surface area contributed by atoms with E-state index >= 15 is 0 Å². The SMILES string of the molecule is Cc1cscc1CN1CCNCC1c1ccccc1. The van der Waals surface area contributed by atoms with Crippen molar-refractivity contribution < 1.29 is 0 Å². The van der Waals surface area contributed by atoms with Gasteiger partial charge < -0.3 is 5.32 Å². The van der Waals surface area contributed by atoms with Gasteiger partial charge in [-0.15, -0.1) is 0 Å². The second kappa shape index (κ2) is 5.87. The first-order valence-corrected chi connectivity index (χ1v) is 7.80. The molecule has 0 aliphatic carbocycles. The highest BCUT2D eigenvalue weighted by Crippen LogP contribution is 2.25. The zero-order valence-corrected chi connectivity index (χ0v) is 12.1. The summed E-state index contributed by atoms with van der Waals surface area (Å²) in [4.78, 5) is 2.60. The molecule has 2 nitrogen and oxygen atoms in total. The highest BCUT2D eigenvalue weighted by atomic mass is 32.1. The number of hydrogen-bond acceptors (Lipinski definition) is 3. The Balaban J connectivity index is 1.80. The Labute approximate surface area is 119 Å². The Morgan fingerprint density at radius 2 is 2.11 bits per heavy atom. The van der Waals surface area contributed by atoms with Gasteiger partial charge in [-0.2, -0.15) is 11.3 Å². The molecule has 1 aromatic heterocycles. The first-order chi connectivity index (χ1) is 9.34. The van der Waals surface area contributed by atoms with Gasteiger partial charge in [0.05, 0.1) is 0 Å². The number of piperazine rings is 1. The van der Waals surface area contributed by atoms with Gasteiger partial charge in [0.2, 0.25) is 0 Å². The Morgan fingerprint density at radius 1 is 1.26 bits per heavy atom. The third-order valence-corrected chi connectivity index (χ3v) is 4.78. The predicted octanol–water partition coefficient (Wildman–Crippen LogP) is 3.20. The predicted molar refractivity (Wildman–Crippen MR) is 81.5 cm³/mol. The molecule has 19 heavy (non-hydrogen) atoms. The third kappa shape index (κ3) is 2.89. The lowest BCUT2D eigenvalue weighted by atomic mass is 10.0. The molecule has 0 spiro atoms. The first-order valence-electron chi connectivity index (χ1n) is 6.86. The third-order valence-electron chi connectivity index (χ3n) is 3.87. The molecule has 0 bridgehead atoms. The van der Waals surface area contributed by atoms with Gasteiger partial charge in [-0.1, -0.05) is 30.3 Å². The minimum Gasteiger partial charge on any atom is -0.314 e. The summed E-state index contributed by atoms with van der Waals surface area (Å²) in [6.07, 6.45) is 0. The van der Waals surface area contributed by atoms with E-state index in [1.54, 1.807) is 0 Å². The summed E-state index contributed by atoms with van der Waals surface area (Å²) < 4.78 is 0. The average Bonchev–Trinajstić information content (AvgIpc) is 2.86. The lowest BCUT2D eigenvalue weighted by Crippen LogP contribution is -2.45. The van der Waals surface area contributed by atoms with Crippen LogP contribution in [0.4, 0.5) is 0 Å². The number of nitrogens with zero attached hydrogens (tertiary/aromatic N) is 1. The van der Waals surface area contributed by atoms with Gasteiger partial charge in [-0.25, -0.2) is 0 Å². The fourth-order valence-corrected chi connectivity index (χ4v) is 3.56. The van der Waals surface area contributed by atoms with Gasteiger partial charge >= 0.3 is 0 Å². The van der Waals surface area contributed by atoms with Crippen molar-refractivity contribution in [2.45, 2.75) is 19.5 Å². The van der Waals surface area contributed by atoms with Crippen LogP contribution in [-0.4, -0.2) is 24.5 Å². The summed E-state index contributed by atoms with van der Waals surface area (Å²) in [5.41, 5.74) is 4.32. The van der Waals surface area contributed by atoms with E-state index in [-0.39, 0.29) is 0 Å². The maximum atomic E-state index is 3.52. The minimum atomic E-state index is 0.495. The Kier molecular flexibility index (Phi) is 3.97. The van der Waals surface area contributed by atoms with Gasteiger partial charge in [0.25, 0.3) is 0 Å². The van der Waals surface area contributed by atoms with E-state index in [0.29, 0.717) is 6.04 Å². The summed E-state index contributed by atoms with van der Waals surface area (Å²) in [5.74, 6) is 0. The first kappa shape index (κ1) is 12.9. The molecule has 1 atom stereocenters. The number of aryl methyl sites for hydroxylation is 1. The van der Waals surface area contributed by atoms with Gasteiger partial charge in [0.15, 0.2) is 0 Å². The molecule has 1 aromatic carbocycles. The molecule has 2 aromatic rings. The Bertz CT molecular complexity index is 521. The summed E-state index contributed by atoms with van der Waals surface area (Å²) in [7, 11) is 0. The van der Waals surface area contributed by atoms with Crippen LogP contribution in [0.1, 0.15) is 22.7 Å². The zero-order valence-electron chi connectivity index (χ0n) is 11.3. The van der Waals surface area contributed by atoms with Gasteiger partial charge in [0, 0.05) is 32.2 Å². The summed E-state index contributed by atoms with van der Waals surface area (Å²) in [6.45, 7) is 6.54. The van der Waals surface area contributed by atoms with Crippen molar-refractivity contribution in [3.05, 3.63) is 57.8 Å². The lowest BCUT2D eigenvalue weighted by molar-refractivity contribution is 0.153. The molecule has 1 saturated heterocycles. The van der Waals surface area contributed by atoms with E-state index in [2.05, 4.69) is 58.2 Å². The van der Waals surface area contributed by atoms with Crippen molar-refractivity contribution in [3.63, 3.8) is 0 Å². The van der Waals surface area contributed by atoms with Crippen LogP contribution in [0.15, 0.2) is 41.1 Å². The Hall–Kier alpha value is -1.16. The van der Waals surface area contributed by atoms with Crippen molar-refractivity contribution in [1.82, 2.24) is 10.2 Å². The fourth-order valence-electron chi connectivity index (χ4n) is 2.71. The minimum absolute atomic E-state index is 0.495. The summed E-state index contributed by atoms with van der Waals surface area (Å²) in [6, 6.07) is 11.3. The molecule has 3 heteroatoms. The van der Waals surface area contributed by atoms with Crippen molar-refractivity contribution in [3.8, 4) is 0 Å². The van der Waals surface area contributed by atoms with Gasteiger partial charge in [-0.3, -0.25) is 4.90 Å². The highest BCUT2D eigenvalue weighted by Gasteiger charge is 2.23. The molecule has 1 aliphatic heterocycles. The molecular weight excluding hydrogens is 252 g/mol. The van der Waals surface area contributed by atoms with Crippen molar-refractivity contribution in [2.24, 2.45) is 0 Å². The lowest BCUT2D eigenvalue weighted by Gasteiger charge is -2.36. The van der Waals surface area contributed by atoms with Crippen LogP contribution in [0.3, 0.4) is 0 Å². The largest absolute Gasteiger partial charge is 0.314 e. The molecule has 0 saturated carbocycles. The maximum Gasteiger partial charge on any atom is 0.0476 e. The normalized spacial score (nSPS) is 20.6. The number of thiophene rings is 1. The molecule has 1 unspecified atom stereocenters. The standard InChI is InChI=1S/C16H20N2S/c1-13-11-19-12-15(13)10-18-8-7-17-9-16(18)14-5-3-2-4-6-14/h2-6,11-12,16-17H,7-10H2,1H3. The topological polar surface area (TPSA) is 15.3 Å². The smallest absolute Gasteiger partial charge is 0.0476 e. The summed E-state index contributed by atoms with van der Waals surface area (Å²) in [5, 5.41) is 8.05. The maximum absolute atomic E-state index is 3.52. The van der Waals surface area contributed by atoms with Crippen LogP contribution < -0.4 is 5.32 Å². The Morgan fingerprint density at radius 3 is 2.84 bits per heavy atom. The van der Waals surface area contributed by atoms with E-state index in [0.717, 1.165) is 26.2 Å². The van der Waals surface area contributed by atoms with Crippen LogP contribution in [0.2, 0.25) is 0 Å². The monoisotopic (exact) mass is 272 g/mol. The van der Waals surface area contributed by atoms with Crippen LogP contribution in [0.25, 0.3) is 0 Å². The highest BCUT2D eigenvalue weighted by molar-refractivity contribution is 7.08. The number of nitrogens with one attached hydrogen (secondary N) is 1. The van der Waals surface area contributed by atoms with Crippen LogP contribution in [0.5, 0.6) is 0 Å². The summed E-state index contributed by atoms with van der Waals surface area (Å²) >= 11 is 1.81. The molecule has 1 aliphatic rings. The number of rotatable bonds is 3. The van der Waals surface area contributed by atoms with Crippen LogP contribution >= 0.6 is 11.3 Å². The van der Waals surface area contributed by atoms with E-state index < -0.39 is 0 Å². The average molecular weight is 272 g/mol. The van der Waals surface area contributed by atoms with E-state index in [1.165, 1.54) is 16.7 Å². The van der Waals surface area contributed by atoms with Gasteiger partial charge in [-0.05, 0) is 34.4 Å². The van der Waals surface area contributed by atoms with E-state index in [1.807, 2.05) is 11.3 Å². The number of benzene rings is 1. The molecule has 2 heterocycles. The molecule has 1 N–H and O–H groups in total. The van der Waals surface area contributed by atoms with Crippen molar-refractivity contribution in [2.75, 3.05) is 19.6 Å². The van der Waals surface area contributed by atoms with Crippen molar-refractivity contribution in [1.29, 1.82) is 0 Å². The molecule has 3 rings (SSSR count). The van der Waals surface area contributed by atoms with E-state index in [4.69, 9.17) is 0 Å². The number of hydrogen-bond donors (Lipinski definition) is 1. The molecule has 0 radical (unpaired) electrons. The van der Waals surface area contributed by atoms with Crippen LogP contribution in [0, 0.1) is 6.92 Å². The molecule has 100 valence electrons. The second-order valence-electron chi connectivity index (χ2n) is 5.18. The van der Waals surface area contributed by atoms with Crippen LogP contribution in [-0.2, 0) is 6.54 Å². The fraction of sp³-hybridized carbons (Fsp3) is 0.375. The molecular formula is C16H20N2S. The molecule has 1 fully saturated rings. The van der Waals surface area contributed by atoms with Gasteiger partial charge in [0.1, 0.15) is 0 Å². The van der Waals surface area contributed by atoms with E-state index in [9.17, 15) is 0 Å². The van der Waals surface area contributed by atoms with Crippen molar-refractivity contribution >= 4 is 11.3 Å². The quantitative estimate of drug-likeness (QED) is 0.923. The second-order valence-corrected chi connectivity index (χ2v) is 5.92. The molecule has 0 amide bonds. The zero-order chi connectivity index (χ0) is 13.1.